The Labute approximate surface area is 184 Å². The van der Waals surface area contributed by atoms with Gasteiger partial charge in [0.05, 0.1) is 24.2 Å². The van der Waals surface area contributed by atoms with Crippen LogP contribution in [-0.4, -0.2) is 41.6 Å². The molecule has 1 amide bonds. The predicted molar refractivity (Wildman–Crippen MR) is 120 cm³/mol. The Kier molecular flexibility index (Phi) is 6.13. The number of amides is 1. The first-order valence-corrected chi connectivity index (χ1v) is 10.8. The van der Waals surface area contributed by atoms with Crippen molar-refractivity contribution in [1.29, 1.82) is 0 Å². The molecule has 8 nitrogen and oxygen atoms in total. The Morgan fingerprint density at radius 3 is 2.68 bits per heavy atom. The number of aryl methyl sites for hydroxylation is 2. The van der Waals surface area contributed by atoms with E-state index in [9.17, 15) is 4.79 Å². The fourth-order valence-corrected chi connectivity index (χ4v) is 3.81. The van der Waals surface area contributed by atoms with E-state index in [4.69, 9.17) is 0 Å². The lowest BCUT2D eigenvalue weighted by molar-refractivity contribution is -0.113. The van der Waals surface area contributed by atoms with Gasteiger partial charge in [0.25, 0.3) is 0 Å². The molecule has 2 heterocycles. The summed E-state index contributed by atoms with van der Waals surface area (Å²) in [5.41, 5.74) is 5.48. The first-order valence-electron chi connectivity index (χ1n) is 9.86. The summed E-state index contributed by atoms with van der Waals surface area (Å²) >= 11 is 1.29. The van der Waals surface area contributed by atoms with Crippen molar-refractivity contribution in [2.24, 2.45) is 0 Å². The SMILES string of the molecule is Cc1ccc(Cn2nccc2NC(=O)CSc2nnnn2-c2cccc(C)c2C)cc1. The zero-order valence-electron chi connectivity index (χ0n) is 17.6. The molecule has 0 aliphatic rings. The molecule has 158 valence electrons. The van der Waals surface area contributed by atoms with Gasteiger partial charge in [0.1, 0.15) is 5.82 Å². The number of hydrogen-bond acceptors (Lipinski definition) is 6. The minimum absolute atomic E-state index is 0.147. The van der Waals surface area contributed by atoms with Crippen LogP contribution < -0.4 is 5.32 Å². The predicted octanol–water partition coefficient (Wildman–Crippen LogP) is 3.56. The zero-order chi connectivity index (χ0) is 21.8. The highest BCUT2D eigenvalue weighted by atomic mass is 32.2. The Morgan fingerprint density at radius 1 is 1.06 bits per heavy atom. The number of tetrazole rings is 1. The Bertz CT molecular complexity index is 1200. The molecule has 0 atom stereocenters. The van der Waals surface area contributed by atoms with Crippen LogP contribution >= 0.6 is 11.8 Å². The first-order chi connectivity index (χ1) is 15.0. The van der Waals surface area contributed by atoms with Gasteiger partial charge in [-0.1, -0.05) is 53.7 Å². The van der Waals surface area contributed by atoms with E-state index in [1.807, 2.05) is 32.0 Å². The highest BCUT2D eigenvalue weighted by molar-refractivity contribution is 7.99. The number of thioether (sulfide) groups is 1. The monoisotopic (exact) mass is 433 g/mol. The summed E-state index contributed by atoms with van der Waals surface area (Å²) < 4.78 is 3.44. The first kappa shape index (κ1) is 20.8. The van der Waals surface area contributed by atoms with Gasteiger partial charge in [-0.2, -0.15) is 9.78 Å². The van der Waals surface area contributed by atoms with Gasteiger partial charge in [-0.25, -0.2) is 4.68 Å². The fourth-order valence-electron chi connectivity index (χ4n) is 3.13. The maximum absolute atomic E-state index is 12.6. The number of nitrogens with zero attached hydrogens (tertiary/aromatic N) is 6. The number of hydrogen-bond donors (Lipinski definition) is 1. The van der Waals surface area contributed by atoms with Crippen LogP contribution in [0.3, 0.4) is 0 Å². The molecule has 0 bridgehead atoms. The number of aromatic nitrogens is 6. The summed E-state index contributed by atoms with van der Waals surface area (Å²) in [6.45, 7) is 6.71. The lowest BCUT2D eigenvalue weighted by Crippen LogP contribution is -2.18. The number of anilines is 1. The van der Waals surface area contributed by atoms with Gasteiger partial charge < -0.3 is 5.32 Å². The lowest BCUT2D eigenvalue weighted by Gasteiger charge is -2.10. The van der Waals surface area contributed by atoms with Crippen molar-refractivity contribution >= 4 is 23.5 Å². The topological polar surface area (TPSA) is 90.5 Å². The molecule has 1 N–H and O–H groups in total. The molecule has 2 aromatic heterocycles. The molecule has 0 aliphatic heterocycles. The second-order valence-electron chi connectivity index (χ2n) is 7.29. The number of benzene rings is 2. The molecule has 0 fully saturated rings. The molecule has 0 saturated carbocycles. The minimum Gasteiger partial charge on any atom is -0.310 e. The van der Waals surface area contributed by atoms with Gasteiger partial charge >= 0.3 is 0 Å². The summed E-state index contributed by atoms with van der Waals surface area (Å²) in [5.74, 6) is 0.687. The lowest BCUT2D eigenvalue weighted by atomic mass is 10.1. The third kappa shape index (κ3) is 4.83. The van der Waals surface area contributed by atoms with Gasteiger partial charge in [-0.3, -0.25) is 4.79 Å². The van der Waals surface area contributed by atoms with Crippen molar-refractivity contribution in [2.45, 2.75) is 32.5 Å². The second-order valence-corrected chi connectivity index (χ2v) is 8.23. The maximum atomic E-state index is 12.6. The van der Waals surface area contributed by atoms with E-state index >= 15 is 0 Å². The summed E-state index contributed by atoms with van der Waals surface area (Å²) in [6, 6.07) is 16.0. The standard InChI is InChI=1S/C22H23N7OS/c1-15-7-9-18(10-8-15)13-28-20(11-12-23-28)24-21(30)14-31-22-25-26-27-29(22)19-6-4-5-16(2)17(19)3/h4-12H,13-14H2,1-3H3,(H,24,30). The Morgan fingerprint density at radius 2 is 1.87 bits per heavy atom. The van der Waals surface area contributed by atoms with Crippen LogP contribution in [0.2, 0.25) is 0 Å². The molecule has 31 heavy (non-hydrogen) atoms. The van der Waals surface area contributed by atoms with E-state index in [2.05, 4.69) is 57.1 Å². The smallest absolute Gasteiger partial charge is 0.235 e. The maximum Gasteiger partial charge on any atom is 0.235 e. The van der Waals surface area contributed by atoms with Gasteiger partial charge in [-0.15, -0.1) is 5.10 Å². The summed E-state index contributed by atoms with van der Waals surface area (Å²) in [5, 5.41) is 19.8. The van der Waals surface area contributed by atoms with Crippen molar-refractivity contribution in [1.82, 2.24) is 30.0 Å². The van der Waals surface area contributed by atoms with Crippen LogP contribution in [0.1, 0.15) is 22.3 Å². The van der Waals surface area contributed by atoms with E-state index in [-0.39, 0.29) is 11.7 Å². The Balaban J connectivity index is 1.40. The number of rotatable bonds is 7. The molecule has 4 aromatic rings. The van der Waals surface area contributed by atoms with Gasteiger partial charge in [-0.05, 0) is 54.0 Å². The average molecular weight is 434 g/mol. The van der Waals surface area contributed by atoms with Crippen molar-refractivity contribution in [3.05, 3.63) is 77.0 Å². The average Bonchev–Trinajstić information content (AvgIpc) is 3.40. The number of carbonyl (C=O) groups is 1. The molecule has 0 aliphatic carbocycles. The quantitative estimate of drug-likeness (QED) is 0.448. The molecule has 0 unspecified atom stereocenters. The van der Waals surface area contributed by atoms with Crippen molar-refractivity contribution in [2.75, 3.05) is 11.1 Å². The number of carbonyl (C=O) groups excluding carboxylic acids is 1. The van der Waals surface area contributed by atoms with Crippen molar-refractivity contribution in [3.8, 4) is 5.69 Å². The molecule has 9 heteroatoms. The molecule has 0 saturated heterocycles. The molecule has 0 radical (unpaired) electrons. The van der Waals surface area contributed by atoms with Gasteiger partial charge in [0, 0.05) is 6.07 Å². The third-order valence-corrected chi connectivity index (χ3v) is 5.93. The Hall–Kier alpha value is -3.46. The normalized spacial score (nSPS) is 10.9. The second kappa shape index (κ2) is 9.13. The largest absolute Gasteiger partial charge is 0.310 e. The van der Waals surface area contributed by atoms with Crippen LogP contribution in [0.25, 0.3) is 5.69 Å². The summed E-state index contributed by atoms with van der Waals surface area (Å²) in [6.07, 6.45) is 1.68. The molecular formula is C22H23N7OS. The summed E-state index contributed by atoms with van der Waals surface area (Å²) in [4.78, 5) is 12.6. The fraction of sp³-hybridized carbons (Fsp3) is 0.227. The zero-order valence-corrected chi connectivity index (χ0v) is 18.4. The molecular weight excluding hydrogens is 410 g/mol. The van der Waals surface area contributed by atoms with E-state index in [0.29, 0.717) is 17.5 Å². The van der Waals surface area contributed by atoms with Crippen LogP contribution in [0.15, 0.2) is 59.9 Å². The minimum atomic E-state index is -0.147. The van der Waals surface area contributed by atoms with Crippen LogP contribution in [-0.2, 0) is 11.3 Å². The van der Waals surface area contributed by atoms with E-state index in [1.165, 1.54) is 17.3 Å². The van der Waals surface area contributed by atoms with Crippen LogP contribution in [0, 0.1) is 20.8 Å². The van der Waals surface area contributed by atoms with E-state index in [0.717, 1.165) is 22.4 Å². The van der Waals surface area contributed by atoms with Crippen molar-refractivity contribution < 1.29 is 4.79 Å². The number of nitrogens with one attached hydrogen (secondary N) is 1. The van der Waals surface area contributed by atoms with Crippen LogP contribution in [0.5, 0.6) is 0 Å². The molecule has 2 aromatic carbocycles. The highest BCUT2D eigenvalue weighted by Gasteiger charge is 2.15. The third-order valence-electron chi connectivity index (χ3n) is 5.01. The van der Waals surface area contributed by atoms with Gasteiger partial charge in [0.2, 0.25) is 11.1 Å². The van der Waals surface area contributed by atoms with Crippen LogP contribution in [0.4, 0.5) is 5.82 Å². The molecule has 0 spiro atoms. The van der Waals surface area contributed by atoms with E-state index < -0.39 is 0 Å². The molecule has 4 rings (SSSR count). The highest BCUT2D eigenvalue weighted by Crippen LogP contribution is 2.22. The van der Waals surface area contributed by atoms with E-state index in [1.54, 1.807) is 21.6 Å². The van der Waals surface area contributed by atoms with Crippen molar-refractivity contribution in [3.63, 3.8) is 0 Å². The van der Waals surface area contributed by atoms with Gasteiger partial charge in [0.15, 0.2) is 0 Å². The summed E-state index contributed by atoms with van der Waals surface area (Å²) in [7, 11) is 0.